The topological polar surface area (TPSA) is 31.2 Å². The van der Waals surface area contributed by atoms with Crippen molar-refractivity contribution in [3.8, 4) is 22.3 Å². The van der Waals surface area contributed by atoms with Gasteiger partial charge in [0.15, 0.2) is 0 Å². The molecule has 0 N–H and O–H groups in total. The monoisotopic (exact) mass is 821 g/mol. The highest BCUT2D eigenvalue weighted by molar-refractivity contribution is 6.17. The molecule has 0 aromatic heterocycles. The van der Waals surface area contributed by atoms with Gasteiger partial charge in [-0.3, -0.25) is 9.98 Å². The number of hydrogen-bond acceptors (Lipinski definition) is 3. The van der Waals surface area contributed by atoms with Crippen LogP contribution < -0.4 is 4.90 Å². The second kappa shape index (κ2) is 18.1. The molecule has 0 atom stereocenters. The molecule has 0 fully saturated rings. The molecule has 0 saturated heterocycles. The Kier molecular flexibility index (Phi) is 12.3. The molecule has 0 unspecified atom stereocenters. The molecule has 0 saturated carbocycles. The molecule has 4 heteroatoms. The predicted molar refractivity (Wildman–Crippen MR) is 275 cm³/mol. The summed E-state index contributed by atoms with van der Waals surface area (Å²) < 4.78 is 0. The van der Waals surface area contributed by atoms with E-state index in [-0.39, 0.29) is 5.41 Å². The zero-order chi connectivity index (χ0) is 44.3. The Morgan fingerprint density at radius 1 is 0.714 bits per heavy atom. The van der Waals surface area contributed by atoms with Gasteiger partial charge in [-0.15, -0.1) is 0 Å². The molecule has 0 amide bonds. The minimum absolute atomic E-state index is 0.00350. The summed E-state index contributed by atoms with van der Waals surface area (Å²) in [7, 11) is 4.13. The average molecular weight is 822 g/mol. The van der Waals surface area contributed by atoms with Crippen molar-refractivity contribution >= 4 is 51.4 Å². The first kappa shape index (κ1) is 42.6. The number of aliphatic imine (C=N–C) groups is 2. The smallest absolute Gasteiger partial charge is 0.132 e. The van der Waals surface area contributed by atoms with Crippen molar-refractivity contribution in [2.75, 3.05) is 38.8 Å². The second-order valence-electron chi connectivity index (χ2n) is 17.0. The van der Waals surface area contributed by atoms with E-state index in [2.05, 4.69) is 215 Å². The lowest BCUT2D eigenvalue weighted by Gasteiger charge is -2.23. The zero-order valence-electron chi connectivity index (χ0n) is 37.5. The van der Waals surface area contributed by atoms with Crippen LogP contribution in [0.1, 0.15) is 65.3 Å². The Labute approximate surface area is 374 Å². The Balaban J connectivity index is 0.000000307. The maximum atomic E-state index is 5.13. The summed E-state index contributed by atoms with van der Waals surface area (Å²) in [5.41, 5.74) is 18.3. The van der Waals surface area contributed by atoms with E-state index in [0.29, 0.717) is 13.2 Å². The van der Waals surface area contributed by atoms with Crippen LogP contribution in [0.25, 0.3) is 55.4 Å². The Hall–Kier alpha value is -7.04. The Bertz CT molecular complexity index is 2970. The van der Waals surface area contributed by atoms with Crippen LogP contribution in [-0.2, 0) is 11.8 Å². The normalized spacial score (nSPS) is 13.9. The first-order valence-electron chi connectivity index (χ1n) is 21.9. The molecule has 3 aliphatic rings. The average Bonchev–Trinajstić information content (AvgIpc) is 4.03. The number of fused-ring (bicyclic) bond motifs is 10. The van der Waals surface area contributed by atoms with Crippen LogP contribution in [0.3, 0.4) is 0 Å². The van der Waals surface area contributed by atoms with Gasteiger partial charge in [0.1, 0.15) is 12.5 Å². The number of anilines is 1. The number of aryl methyl sites for hydroxylation is 1. The van der Waals surface area contributed by atoms with E-state index < -0.39 is 0 Å². The lowest BCUT2D eigenvalue weighted by molar-refractivity contribution is 0.524. The number of para-hydroxylation sites is 1. The van der Waals surface area contributed by atoms with Crippen molar-refractivity contribution in [1.29, 1.82) is 0 Å². The third kappa shape index (κ3) is 8.22. The molecule has 0 spiro atoms. The maximum absolute atomic E-state index is 5.13. The molecule has 2 aliphatic carbocycles. The minimum atomic E-state index is -0.00350. The molecule has 7 aromatic rings. The standard InChI is InChI=1S/C45H40N3.C10H11N.C4H6/c1-6-29-25-43-41(36-19-11-12-20-42(36)45(43,2)3)26-37(29)32-16-8-7-14-30(32)15-13-23-47-44(48(5)28-46-4)31-21-22-35-33-17-9-10-18-34(33)39-27-40(39)38(35)24-31;1-8-7-11(2)10-6-4-3-5-9(8)10;1-3-4-2/h7-22,24-27H,4,6,23,28H2,1-3,5H3;3-6H,1,7H2,2H3;3-4H,1-2H2/b15-13-,47-44?;;. The maximum Gasteiger partial charge on any atom is 0.132 e. The molecule has 4 nitrogen and oxygen atoms in total. The van der Waals surface area contributed by atoms with Crippen molar-refractivity contribution in [1.82, 2.24) is 4.90 Å². The molecule has 1 aliphatic heterocycles. The Morgan fingerprint density at radius 3 is 2.10 bits per heavy atom. The highest BCUT2D eigenvalue weighted by Gasteiger charge is 2.36. The fourth-order valence-corrected chi connectivity index (χ4v) is 9.40. The molecule has 7 aromatic carbocycles. The molecule has 0 bridgehead atoms. The van der Waals surface area contributed by atoms with Crippen LogP contribution in [0.15, 0.2) is 175 Å². The van der Waals surface area contributed by atoms with Crippen LogP contribution in [0.4, 0.5) is 5.69 Å². The minimum Gasteiger partial charge on any atom is -0.370 e. The summed E-state index contributed by atoms with van der Waals surface area (Å²) >= 11 is 0. The quantitative estimate of drug-likeness (QED) is 0.0628. The van der Waals surface area contributed by atoms with Crippen LogP contribution in [0.5, 0.6) is 0 Å². The van der Waals surface area contributed by atoms with Crippen molar-refractivity contribution < 1.29 is 0 Å². The molecule has 63 heavy (non-hydrogen) atoms. The first-order valence-corrected chi connectivity index (χ1v) is 21.9. The molecular weight excluding hydrogens is 765 g/mol. The van der Waals surface area contributed by atoms with E-state index in [9.17, 15) is 0 Å². The number of amidine groups is 1. The third-order valence-electron chi connectivity index (χ3n) is 12.6. The summed E-state index contributed by atoms with van der Waals surface area (Å²) in [5, 5.41) is 5.20. The fraction of sp³-hybridized carbons (Fsp3) is 0.169. The van der Waals surface area contributed by atoms with Gasteiger partial charge < -0.3 is 9.80 Å². The van der Waals surface area contributed by atoms with Gasteiger partial charge in [-0.1, -0.05) is 174 Å². The lowest BCUT2D eigenvalue weighted by Crippen LogP contribution is -2.28. The number of likely N-dealkylation sites (N-methyl/N-ethyl adjacent to an activating group) is 1. The number of hydrogen-bond donors (Lipinski definition) is 0. The summed E-state index contributed by atoms with van der Waals surface area (Å²) in [6.45, 7) is 23.4. The first-order chi connectivity index (χ1) is 30.6. The van der Waals surface area contributed by atoms with E-state index in [0.717, 1.165) is 24.4 Å². The lowest BCUT2D eigenvalue weighted by atomic mass is 9.80. The molecule has 1 heterocycles. The zero-order valence-corrected chi connectivity index (χ0v) is 37.5. The molecular formula is C59H57N4. The third-order valence-corrected chi connectivity index (χ3v) is 12.6. The van der Waals surface area contributed by atoms with Crippen molar-refractivity contribution in [3.63, 3.8) is 0 Å². The number of nitrogens with zero attached hydrogens (tertiary/aromatic N) is 4. The highest BCUT2D eigenvalue weighted by atomic mass is 15.2. The number of allylic oxidation sites excluding steroid dienone is 2. The van der Waals surface area contributed by atoms with Gasteiger partial charge in [-0.25, -0.2) is 0 Å². The summed E-state index contributed by atoms with van der Waals surface area (Å²) in [5.74, 6) is 0.915. The van der Waals surface area contributed by atoms with E-state index in [1.54, 1.807) is 12.2 Å². The van der Waals surface area contributed by atoms with Crippen LogP contribution in [0.2, 0.25) is 0 Å². The van der Waals surface area contributed by atoms with E-state index in [4.69, 9.17) is 4.99 Å². The summed E-state index contributed by atoms with van der Waals surface area (Å²) in [6, 6.07) is 46.3. The van der Waals surface area contributed by atoms with Gasteiger partial charge in [0.25, 0.3) is 0 Å². The SMILES string of the molecule is C=C1CN(C)c2ccccc21.C=CC=C.C=NCN(C)C(=NC/C=C\c1ccccc1-c1cc2c(cc1CC)C(C)(C)c1ccccc1-2)c1ccc2c(c1)c1c(c3ccccc32)[CH]1. The van der Waals surface area contributed by atoms with E-state index in [1.165, 1.54) is 94.0 Å². The van der Waals surface area contributed by atoms with Crippen molar-refractivity contribution in [2.24, 2.45) is 9.98 Å². The number of rotatable bonds is 9. The van der Waals surface area contributed by atoms with Crippen molar-refractivity contribution in [3.05, 3.63) is 216 Å². The van der Waals surface area contributed by atoms with Gasteiger partial charge in [-0.2, -0.15) is 0 Å². The van der Waals surface area contributed by atoms with Gasteiger partial charge in [0.05, 0.1) is 6.54 Å². The second-order valence-corrected chi connectivity index (χ2v) is 17.0. The molecule has 1 radical (unpaired) electrons. The van der Waals surface area contributed by atoms with Crippen LogP contribution >= 0.6 is 0 Å². The number of benzene rings is 7. The van der Waals surface area contributed by atoms with Gasteiger partial charge >= 0.3 is 0 Å². The molecule has 313 valence electrons. The van der Waals surface area contributed by atoms with Crippen LogP contribution in [0, 0.1) is 6.42 Å². The summed E-state index contributed by atoms with van der Waals surface area (Å²) in [4.78, 5) is 13.6. The van der Waals surface area contributed by atoms with Gasteiger partial charge in [0.2, 0.25) is 0 Å². The summed E-state index contributed by atoms with van der Waals surface area (Å²) in [6.07, 6.45) is 11.0. The predicted octanol–water partition coefficient (Wildman–Crippen LogP) is 14.0. The largest absolute Gasteiger partial charge is 0.370 e. The van der Waals surface area contributed by atoms with Gasteiger partial charge in [-0.05, 0) is 114 Å². The Morgan fingerprint density at radius 2 is 1.37 bits per heavy atom. The van der Waals surface area contributed by atoms with Crippen molar-refractivity contribution in [2.45, 2.75) is 32.6 Å². The highest BCUT2D eigenvalue weighted by Crippen LogP contribution is 2.51. The molecule has 10 rings (SSSR count). The van der Waals surface area contributed by atoms with Crippen LogP contribution in [-0.4, -0.2) is 51.3 Å². The van der Waals surface area contributed by atoms with E-state index >= 15 is 0 Å². The fourth-order valence-electron chi connectivity index (χ4n) is 9.40. The van der Waals surface area contributed by atoms with Gasteiger partial charge in [0, 0.05) is 49.3 Å². The van der Waals surface area contributed by atoms with E-state index in [1.807, 2.05) is 7.05 Å².